The number of piperidine rings is 1. The summed E-state index contributed by atoms with van der Waals surface area (Å²) in [6.07, 6.45) is 7.76. The zero-order valence-electron chi connectivity index (χ0n) is 13.8. The average molecular weight is 312 g/mol. The molecule has 1 saturated heterocycles. The van der Waals surface area contributed by atoms with Gasteiger partial charge in [-0.1, -0.05) is 30.3 Å². The Morgan fingerprint density at radius 1 is 1.30 bits per heavy atom. The number of carbonyl (C=O) groups is 1. The number of amides is 1. The second-order valence-corrected chi connectivity index (χ2v) is 6.37. The molecule has 1 aromatic carbocycles. The van der Waals surface area contributed by atoms with E-state index in [9.17, 15) is 4.79 Å². The van der Waals surface area contributed by atoms with Crippen molar-refractivity contribution < 1.29 is 4.79 Å². The molecule has 1 aliphatic heterocycles. The fraction of sp³-hybridized carbons (Fsp3) is 0.444. The van der Waals surface area contributed by atoms with Crippen LogP contribution in [-0.2, 0) is 4.79 Å². The summed E-state index contributed by atoms with van der Waals surface area (Å²) in [6, 6.07) is 10.1. The number of hydrogen-bond donors (Lipinski definition) is 0. The molecule has 0 saturated carbocycles. The van der Waals surface area contributed by atoms with Crippen molar-refractivity contribution in [3.8, 4) is 0 Å². The van der Waals surface area contributed by atoms with Crippen LogP contribution in [0.5, 0.6) is 0 Å². The van der Waals surface area contributed by atoms with E-state index in [-0.39, 0.29) is 11.9 Å². The molecular weight excluding hydrogens is 288 g/mol. The summed E-state index contributed by atoms with van der Waals surface area (Å²) in [6.45, 7) is 1.59. The van der Waals surface area contributed by atoms with E-state index in [4.69, 9.17) is 0 Å². The molecule has 0 aliphatic carbocycles. The highest BCUT2D eigenvalue weighted by molar-refractivity contribution is 5.83. The molecule has 0 bridgehead atoms. The molecule has 5 nitrogen and oxygen atoms in total. The van der Waals surface area contributed by atoms with Crippen LogP contribution in [0.3, 0.4) is 0 Å². The summed E-state index contributed by atoms with van der Waals surface area (Å²) in [7, 11) is 3.93. The van der Waals surface area contributed by atoms with Gasteiger partial charge in [-0.3, -0.25) is 9.69 Å². The number of benzene rings is 1. The van der Waals surface area contributed by atoms with Crippen molar-refractivity contribution in [2.24, 2.45) is 0 Å². The van der Waals surface area contributed by atoms with Gasteiger partial charge in [0.2, 0.25) is 5.91 Å². The first-order chi connectivity index (χ1) is 11.2. The fourth-order valence-electron chi connectivity index (χ4n) is 3.35. The molecule has 1 fully saturated rings. The lowest BCUT2D eigenvalue weighted by atomic mass is 10.0. The summed E-state index contributed by atoms with van der Waals surface area (Å²) in [5, 5.41) is 0. The maximum Gasteiger partial charge on any atom is 0.244 e. The molecule has 5 heteroatoms. The lowest BCUT2D eigenvalue weighted by molar-refractivity contribution is -0.138. The molecule has 2 aromatic rings. The summed E-state index contributed by atoms with van der Waals surface area (Å²) < 4.78 is 2.12. The molecule has 1 amide bonds. The van der Waals surface area contributed by atoms with E-state index >= 15 is 0 Å². The Morgan fingerprint density at radius 3 is 2.74 bits per heavy atom. The Kier molecular flexibility index (Phi) is 4.76. The maximum atomic E-state index is 13.1. The Morgan fingerprint density at radius 2 is 2.09 bits per heavy atom. The third kappa shape index (κ3) is 3.45. The molecule has 0 N–H and O–H groups in total. The number of carbonyl (C=O) groups excluding carboxylic acids is 1. The number of hydrogen-bond acceptors (Lipinski definition) is 3. The van der Waals surface area contributed by atoms with Crippen molar-refractivity contribution in [1.29, 1.82) is 0 Å². The maximum absolute atomic E-state index is 13.1. The first-order valence-electron chi connectivity index (χ1n) is 8.14. The monoisotopic (exact) mass is 312 g/mol. The summed E-state index contributed by atoms with van der Waals surface area (Å²) >= 11 is 0. The van der Waals surface area contributed by atoms with Crippen molar-refractivity contribution in [3.63, 3.8) is 0 Å². The van der Waals surface area contributed by atoms with Gasteiger partial charge < -0.3 is 9.47 Å². The van der Waals surface area contributed by atoms with E-state index in [1.165, 1.54) is 0 Å². The van der Waals surface area contributed by atoms with Crippen LogP contribution in [0.15, 0.2) is 49.1 Å². The lowest BCUT2D eigenvalue weighted by Crippen LogP contribution is -2.45. The molecule has 2 atom stereocenters. The van der Waals surface area contributed by atoms with Crippen LogP contribution < -0.4 is 0 Å². The SMILES string of the molecule is CN(C)[C@H](C(=O)N1CCC[C@H](n2ccnc2)C1)c1ccccc1. The third-order valence-corrected chi connectivity index (χ3v) is 4.52. The van der Waals surface area contributed by atoms with Gasteiger partial charge in [-0.05, 0) is 32.5 Å². The number of rotatable bonds is 4. The zero-order chi connectivity index (χ0) is 16.2. The van der Waals surface area contributed by atoms with Gasteiger partial charge in [0.25, 0.3) is 0 Å². The topological polar surface area (TPSA) is 41.4 Å². The quantitative estimate of drug-likeness (QED) is 0.870. The Hall–Kier alpha value is -2.14. The van der Waals surface area contributed by atoms with Gasteiger partial charge in [0.1, 0.15) is 6.04 Å². The minimum atomic E-state index is -0.224. The predicted octanol–water partition coefficient (Wildman–Crippen LogP) is 2.35. The van der Waals surface area contributed by atoms with Gasteiger partial charge >= 0.3 is 0 Å². The van der Waals surface area contributed by atoms with Crippen LogP contribution in [0.1, 0.15) is 30.5 Å². The van der Waals surface area contributed by atoms with Gasteiger partial charge in [0, 0.05) is 25.5 Å². The van der Waals surface area contributed by atoms with Crippen LogP contribution in [0, 0.1) is 0 Å². The molecule has 23 heavy (non-hydrogen) atoms. The van der Waals surface area contributed by atoms with Crippen molar-refractivity contribution in [3.05, 3.63) is 54.6 Å². The second kappa shape index (κ2) is 6.96. The normalized spacial score (nSPS) is 19.8. The van der Waals surface area contributed by atoms with Gasteiger partial charge in [-0.15, -0.1) is 0 Å². The fourth-order valence-corrected chi connectivity index (χ4v) is 3.35. The second-order valence-electron chi connectivity index (χ2n) is 6.37. The summed E-state index contributed by atoms with van der Waals surface area (Å²) in [5.41, 5.74) is 1.05. The number of likely N-dealkylation sites (N-methyl/N-ethyl adjacent to an activating group) is 1. The van der Waals surface area contributed by atoms with Crippen molar-refractivity contribution >= 4 is 5.91 Å². The molecule has 0 unspecified atom stereocenters. The predicted molar refractivity (Wildman–Crippen MR) is 89.9 cm³/mol. The molecule has 3 rings (SSSR count). The minimum Gasteiger partial charge on any atom is -0.339 e. The van der Waals surface area contributed by atoms with Crippen LogP contribution in [0.25, 0.3) is 0 Å². The number of imidazole rings is 1. The van der Waals surface area contributed by atoms with Crippen LogP contribution in [-0.4, -0.2) is 52.4 Å². The van der Waals surface area contributed by atoms with Crippen LogP contribution in [0.4, 0.5) is 0 Å². The van der Waals surface area contributed by atoms with E-state index < -0.39 is 0 Å². The van der Waals surface area contributed by atoms with E-state index in [0.717, 1.165) is 31.5 Å². The zero-order valence-corrected chi connectivity index (χ0v) is 13.8. The van der Waals surface area contributed by atoms with E-state index in [1.54, 1.807) is 6.20 Å². The number of aromatic nitrogens is 2. The average Bonchev–Trinajstić information content (AvgIpc) is 3.10. The van der Waals surface area contributed by atoms with Crippen LogP contribution in [0.2, 0.25) is 0 Å². The standard InChI is InChI=1S/C18H24N4O/c1-20(2)17(15-7-4-3-5-8-15)18(23)21-11-6-9-16(13-21)22-12-10-19-14-22/h3-5,7-8,10,12,14,16-17H,6,9,11,13H2,1-2H3/t16-,17-/m0/s1. The largest absolute Gasteiger partial charge is 0.339 e. The Bertz CT molecular complexity index is 624. The Labute approximate surface area is 137 Å². The first-order valence-corrected chi connectivity index (χ1v) is 8.14. The van der Waals surface area contributed by atoms with Crippen molar-refractivity contribution in [1.82, 2.24) is 19.4 Å². The molecule has 0 spiro atoms. The molecule has 2 heterocycles. The van der Waals surface area contributed by atoms with E-state index in [2.05, 4.69) is 9.55 Å². The number of nitrogens with zero attached hydrogens (tertiary/aromatic N) is 4. The molecular formula is C18H24N4O. The first kappa shape index (κ1) is 15.7. The van der Waals surface area contributed by atoms with E-state index in [0.29, 0.717) is 6.04 Å². The van der Waals surface area contributed by atoms with E-state index in [1.807, 2.05) is 66.8 Å². The van der Waals surface area contributed by atoms with Crippen LogP contribution >= 0.6 is 0 Å². The summed E-state index contributed by atoms with van der Waals surface area (Å²) in [4.78, 5) is 21.2. The van der Waals surface area contributed by atoms with Gasteiger partial charge in [0.05, 0.1) is 12.4 Å². The Balaban J connectivity index is 1.77. The minimum absolute atomic E-state index is 0.186. The number of likely N-dealkylation sites (tertiary alicyclic amines) is 1. The highest BCUT2D eigenvalue weighted by atomic mass is 16.2. The highest BCUT2D eigenvalue weighted by Crippen LogP contribution is 2.26. The molecule has 122 valence electrons. The van der Waals surface area contributed by atoms with Gasteiger partial charge in [0.15, 0.2) is 0 Å². The third-order valence-electron chi connectivity index (χ3n) is 4.52. The smallest absolute Gasteiger partial charge is 0.244 e. The van der Waals surface area contributed by atoms with Gasteiger partial charge in [-0.2, -0.15) is 0 Å². The van der Waals surface area contributed by atoms with Gasteiger partial charge in [-0.25, -0.2) is 4.98 Å². The summed E-state index contributed by atoms with van der Waals surface area (Å²) in [5.74, 6) is 0.186. The van der Waals surface area contributed by atoms with Crippen molar-refractivity contribution in [2.45, 2.75) is 24.9 Å². The van der Waals surface area contributed by atoms with Crippen molar-refractivity contribution in [2.75, 3.05) is 27.2 Å². The molecule has 1 aromatic heterocycles. The lowest BCUT2D eigenvalue weighted by Gasteiger charge is -2.37. The molecule has 0 radical (unpaired) electrons. The molecule has 1 aliphatic rings. The highest BCUT2D eigenvalue weighted by Gasteiger charge is 2.31.